The number of carboxylic acids is 1. The molecule has 2 atom stereocenters. The molecular weight excluding hydrogens is 266 g/mol. The Labute approximate surface area is 115 Å². The zero-order valence-electron chi connectivity index (χ0n) is 9.92. The van der Waals surface area contributed by atoms with Gasteiger partial charge < -0.3 is 10.8 Å². The molecule has 19 heavy (non-hydrogen) atoms. The van der Waals surface area contributed by atoms with Crippen LogP contribution < -0.4 is 5.73 Å². The molecule has 1 aromatic rings. The SMILES string of the molecule is NC1(C(=O)O)C=C(Cl)C=CC1C(=O)c1ccccc1. The number of aliphatic carboxylic acids is 1. The Hall–Kier alpha value is -1.91. The van der Waals surface area contributed by atoms with Gasteiger partial charge in [-0.05, 0) is 12.2 Å². The van der Waals surface area contributed by atoms with E-state index in [1.165, 1.54) is 18.2 Å². The Morgan fingerprint density at radius 1 is 1.26 bits per heavy atom. The van der Waals surface area contributed by atoms with Crippen LogP contribution in [0.5, 0.6) is 0 Å². The number of hydrogen-bond donors (Lipinski definition) is 2. The molecule has 0 saturated carbocycles. The lowest BCUT2D eigenvalue weighted by atomic mass is 9.77. The molecule has 0 bridgehead atoms. The number of halogens is 1. The highest BCUT2D eigenvalue weighted by Gasteiger charge is 2.45. The minimum Gasteiger partial charge on any atom is -0.480 e. The fourth-order valence-corrected chi connectivity index (χ4v) is 2.25. The van der Waals surface area contributed by atoms with Gasteiger partial charge in [0, 0.05) is 10.6 Å². The van der Waals surface area contributed by atoms with Crippen molar-refractivity contribution in [2.45, 2.75) is 5.54 Å². The van der Waals surface area contributed by atoms with Crippen molar-refractivity contribution in [1.29, 1.82) is 0 Å². The van der Waals surface area contributed by atoms with Crippen molar-refractivity contribution >= 4 is 23.4 Å². The van der Waals surface area contributed by atoms with Gasteiger partial charge in [-0.3, -0.25) is 4.79 Å². The second-order valence-electron chi connectivity index (χ2n) is 4.33. The largest absolute Gasteiger partial charge is 0.480 e. The first-order chi connectivity index (χ1) is 8.95. The number of rotatable bonds is 3. The summed E-state index contributed by atoms with van der Waals surface area (Å²) in [6, 6.07) is 8.44. The molecule has 2 unspecified atom stereocenters. The third kappa shape index (κ3) is 2.45. The molecule has 0 fully saturated rings. The first-order valence-electron chi connectivity index (χ1n) is 5.63. The Balaban J connectivity index is 2.42. The van der Waals surface area contributed by atoms with E-state index in [1.54, 1.807) is 30.3 Å². The van der Waals surface area contributed by atoms with E-state index in [0.29, 0.717) is 5.56 Å². The first kappa shape index (κ1) is 13.5. The van der Waals surface area contributed by atoms with Gasteiger partial charge in [0.05, 0.1) is 5.92 Å². The zero-order valence-corrected chi connectivity index (χ0v) is 10.7. The van der Waals surface area contributed by atoms with Gasteiger partial charge in [0.15, 0.2) is 5.78 Å². The van der Waals surface area contributed by atoms with Gasteiger partial charge in [0.2, 0.25) is 0 Å². The summed E-state index contributed by atoms with van der Waals surface area (Å²) in [5.74, 6) is -2.61. The molecule has 1 aliphatic carbocycles. The van der Waals surface area contributed by atoms with Crippen LogP contribution in [0, 0.1) is 5.92 Å². The topological polar surface area (TPSA) is 80.4 Å². The number of Topliss-reactive ketones (excluding diaryl/α,β-unsaturated/α-hetero) is 1. The average molecular weight is 278 g/mol. The lowest BCUT2D eigenvalue weighted by molar-refractivity contribution is -0.142. The average Bonchev–Trinajstić information content (AvgIpc) is 2.39. The molecule has 0 heterocycles. The molecule has 1 aliphatic rings. The van der Waals surface area contributed by atoms with E-state index in [1.807, 2.05) is 0 Å². The Bertz CT molecular complexity index is 580. The molecule has 2 rings (SSSR count). The number of nitrogens with two attached hydrogens (primary N) is 1. The highest BCUT2D eigenvalue weighted by Crippen LogP contribution is 2.30. The van der Waals surface area contributed by atoms with Gasteiger partial charge in [-0.1, -0.05) is 48.0 Å². The number of ketones is 1. The molecule has 0 radical (unpaired) electrons. The quantitative estimate of drug-likeness (QED) is 0.828. The second kappa shape index (κ2) is 4.99. The highest BCUT2D eigenvalue weighted by atomic mass is 35.5. The van der Waals surface area contributed by atoms with Gasteiger partial charge >= 0.3 is 5.97 Å². The van der Waals surface area contributed by atoms with E-state index in [-0.39, 0.29) is 10.8 Å². The number of carbonyl (C=O) groups excluding carboxylic acids is 1. The number of allylic oxidation sites excluding steroid dienone is 2. The maximum atomic E-state index is 12.4. The second-order valence-corrected chi connectivity index (χ2v) is 4.77. The van der Waals surface area contributed by atoms with E-state index in [9.17, 15) is 14.7 Å². The predicted octanol–water partition coefficient (Wildman–Crippen LogP) is 1.96. The summed E-state index contributed by atoms with van der Waals surface area (Å²) in [6.45, 7) is 0. The van der Waals surface area contributed by atoms with E-state index < -0.39 is 17.4 Å². The number of carbonyl (C=O) groups is 2. The summed E-state index contributed by atoms with van der Waals surface area (Å²) < 4.78 is 0. The third-order valence-corrected chi connectivity index (χ3v) is 3.29. The molecule has 0 aliphatic heterocycles. The summed E-state index contributed by atoms with van der Waals surface area (Å²) in [5.41, 5.74) is 4.44. The molecule has 3 N–H and O–H groups in total. The highest BCUT2D eigenvalue weighted by molar-refractivity contribution is 6.31. The van der Waals surface area contributed by atoms with Crippen molar-refractivity contribution in [2.24, 2.45) is 11.7 Å². The molecule has 1 aromatic carbocycles. The predicted molar refractivity (Wildman–Crippen MR) is 71.9 cm³/mol. The van der Waals surface area contributed by atoms with Crippen molar-refractivity contribution < 1.29 is 14.7 Å². The van der Waals surface area contributed by atoms with Crippen molar-refractivity contribution in [1.82, 2.24) is 0 Å². The van der Waals surface area contributed by atoms with E-state index >= 15 is 0 Å². The smallest absolute Gasteiger partial charge is 0.328 e. The Morgan fingerprint density at radius 2 is 1.89 bits per heavy atom. The number of carboxylic acid groups (broad SMARTS) is 1. The van der Waals surface area contributed by atoms with E-state index in [2.05, 4.69) is 0 Å². The Kier molecular flexibility index (Phi) is 3.55. The fourth-order valence-electron chi connectivity index (χ4n) is 1.99. The minimum atomic E-state index is -1.82. The summed E-state index contributed by atoms with van der Waals surface area (Å²) in [5, 5.41) is 9.48. The van der Waals surface area contributed by atoms with E-state index in [0.717, 1.165) is 0 Å². The van der Waals surface area contributed by atoms with E-state index in [4.69, 9.17) is 17.3 Å². The van der Waals surface area contributed by atoms with Crippen LogP contribution in [0.1, 0.15) is 10.4 Å². The molecular formula is C14H12ClNO3. The Morgan fingerprint density at radius 3 is 2.47 bits per heavy atom. The first-order valence-corrected chi connectivity index (χ1v) is 6.01. The third-order valence-electron chi connectivity index (χ3n) is 3.05. The van der Waals surface area contributed by atoms with Crippen LogP contribution in [0.2, 0.25) is 0 Å². The molecule has 98 valence electrons. The summed E-state index contributed by atoms with van der Waals surface area (Å²) in [4.78, 5) is 23.7. The van der Waals surface area contributed by atoms with Crippen LogP contribution in [0.15, 0.2) is 53.6 Å². The van der Waals surface area contributed by atoms with Crippen LogP contribution >= 0.6 is 11.6 Å². The molecule has 0 spiro atoms. The molecule has 5 heteroatoms. The minimum absolute atomic E-state index is 0.210. The van der Waals surface area contributed by atoms with Crippen LogP contribution in [-0.2, 0) is 4.79 Å². The van der Waals surface area contributed by atoms with Crippen molar-refractivity contribution in [2.75, 3.05) is 0 Å². The van der Waals surface area contributed by atoms with Gasteiger partial charge in [-0.15, -0.1) is 0 Å². The van der Waals surface area contributed by atoms with Gasteiger partial charge in [-0.25, -0.2) is 4.79 Å². The molecule has 0 aromatic heterocycles. The van der Waals surface area contributed by atoms with Crippen LogP contribution in [0.4, 0.5) is 0 Å². The van der Waals surface area contributed by atoms with Crippen LogP contribution in [0.25, 0.3) is 0 Å². The standard InChI is InChI=1S/C14H12ClNO3/c15-10-6-7-11(14(16,8-10)13(18)19)12(17)9-4-2-1-3-5-9/h1-8,11H,16H2,(H,18,19). The molecule has 0 amide bonds. The van der Waals surface area contributed by atoms with Crippen LogP contribution in [0.3, 0.4) is 0 Å². The molecule has 0 saturated heterocycles. The fraction of sp³-hybridized carbons (Fsp3) is 0.143. The lowest BCUT2D eigenvalue weighted by Gasteiger charge is -2.30. The van der Waals surface area contributed by atoms with Gasteiger partial charge in [-0.2, -0.15) is 0 Å². The number of hydrogen-bond acceptors (Lipinski definition) is 3. The van der Waals surface area contributed by atoms with Crippen molar-refractivity contribution in [3.05, 3.63) is 59.2 Å². The van der Waals surface area contributed by atoms with Crippen LogP contribution in [-0.4, -0.2) is 22.4 Å². The van der Waals surface area contributed by atoms with Gasteiger partial charge in [0.25, 0.3) is 0 Å². The number of benzene rings is 1. The monoisotopic (exact) mass is 277 g/mol. The summed E-state index contributed by atoms with van der Waals surface area (Å²) >= 11 is 5.78. The summed E-state index contributed by atoms with van der Waals surface area (Å²) in [6.07, 6.45) is 4.12. The van der Waals surface area contributed by atoms with Crippen molar-refractivity contribution in [3.63, 3.8) is 0 Å². The summed E-state index contributed by atoms with van der Waals surface area (Å²) in [7, 11) is 0. The van der Waals surface area contributed by atoms with Crippen molar-refractivity contribution in [3.8, 4) is 0 Å². The maximum Gasteiger partial charge on any atom is 0.328 e. The van der Waals surface area contributed by atoms with Gasteiger partial charge in [0.1, 0.15) is 5.54 Å². The lowest BCUT2D eigenvalue weighted by Crippen LogP contribution is -2.55. The maximum absolute atomic E-state index is 12.4. The molecule has 4 nitrogen and oxygen atoms in total. The zero-order chi connectivity index (χ0) is 14.0. The normalized spacial score (nSPS) is 25.8.